The molecule has 7 heteroatoms. The molecule has 134 valence electrons. The van der Waals surface area contributed by atoms with Gasteiger partial charge in [0.05, 0.1) is 0 Å². The molecule has 25 heavy (non-hydrogen) atoms. The standard InChI is InChI=1S/C18H24N4O3/c1-11(19)8-21(2)9-12-4-3-5-13-14(12)10-22(18(13)25)15-6-7-16(23)20-17(15)24/h3-5,11,15H,6-10,19H2,1-2H3,(H,20,23,24)/t11-,15?/m0/s1. The summed E-state index contributed by atoms with van der Waals surface area (Å²) in [5.41, 5.74) is 8.54. The SMILES string of the molecule is C[C@H](N)CN(C)Cc1cccc2c1CN(C1CCC(=O)NC1=O)C2=O. The first-order chi connectivity index (χ1) is 11.9. The first-order valence-corrected chi connectivity index (χ1v) is 8.56. The molecule has 2 aliphatic rings. The van der Waals surface area contributed by atoms with Crippen LogP contribution >= 0.6 is 0 Å². The predicted octanol–water partition coefficient (Wildman–Crippen LogP) is 0.227. The monoisotopic (exact) mass is 344 g/mol. The molecule has 3 rings (SSSR count). The van der Waals surface area contributed by atoms with E-state index in [9.17, 15) is 14.4 Å². The summed E-state index contributed by atoms with van der Waals surface area (Å²) in [6, 6.07) is 5.19. The third-order valence-corrected chi connectivity index (χ3v) is 4.72. The van der Waals surface area contributed by atoms with E-state index in [1.165, 1.54) is 0 Å². The number of nitrogens with one attached hydrogen (secondary N) is 1. The van der Waals surface area contributed by atoms with Gasteiger partial charge in [-0.3, -0.25) is 19.7 Å². The van der Waals surface area contributed by atoms with Gasteiger partial charge in [0.2, 0.25) is 11.8 Å². The second-order valence-corrected chi connectivity index (χ2v) is 7.02. The Bertz CT molecular complexity index is 716. The maximum atomic E-state index is 12.8. The Balaban J connectivity index is 1.80. The fourth-order valence-corrected chi connectivity index (χ4v) is 3.64. The van der Waals surface area contributed by atoms with E-state index in [0.29, 0.717) is 25.1 Å². The number of carbonyl (C=O) groups excluding carboxylic acids is 3. The Hall–Kier alpha value is -2.25. The van der Waals surface area contributed by atoms with Gasteiger partial charge in [0, 0.05) is 37.7 Å². The number of likely N-dealkylation sites (N-methyl/N-ethyl adjacent to an activating group) is 1. The van der Waals surface area contributed by atoms with Gasteiger partial charge in [-0.05, 0) is 37.6 Å². The summed E-state index contributed by atoms with van der Waals surface area (Å²) < 4.78 is 0. The van der Waals surface area contributed by atoms with Gasteiger partial charge in [-0.2, -0.15) is 0 Å². The maximum Gasteiger partial charge on any atom is 0.255 e. The van der Waals surface area contributed by atoms with Crippen LogP contribution in [-0.4, -0.2) is 53.2 Å². The lowest BCUT2D eigenvalue weighted by Gasteiger charge is -2.29. The summed E-state index contributed by atoms with van der Waals surface area (Å²) in [5, 5.41) is 2.33. The van der Waals surface area contributed by atoms with Crippen LogP contribution in [0.15, 0.2) is 18.2 Å². The van der Waals surface area contributed by atoms with Gasteiger partial charge in [0.15, 0.2) is 0 Å². The summed E-state index contributed by atoms with van der Waals surface area (Å²) in [6.45, 7) is 3.82. The molecule has 3 amide bonds. The number of carbonyl (C=O) groups is 3. The van der Waals surface area contributed by atoms with Crippen molar-refractivity contribution in [1.29, 1.82) is 0 Å². The number of hydrogen-bond acceptors (Lipinski definition) is 5. The van der Waals surface area contributed by atoms with Crippen molar-refractivity contribution in [3.8, 4) is 0 Å². The van der Waals surface area contributed by atoms with E-state index >= 15 is 0 Å². The Morgan fingerprint density at radius 2 is 2.12 bits per heavy atom. The zero-order valence-corrected chi connectivity index (χ0v) is 14.6. The first-order valence-electron chi connectivity index (χ1n) is 8.56. The number of imide groups is 1. The van der Waals surface area contributed by atoms with Crippen molar-refractivity contribution in [2.45, 2.75) is 44.9 Å². The molecular formula is C18H24N4O3. The van der Waals surface area contributed by atoms with Crippen molar-refractivity contribution < 1.29 is 14.4 Å². The summed E-state index contributed by atoms with van der Waals surface area (Å²) in [7, 11) is 2.00. The topological polar surface area (TPSA) is 95.7 Å². The normalized spacial score (nSPS) is 21.5. The first kappa shape index (κ1) is 17.6. The molecule has 0 radical (unpaired) electrons. The highest BCUT2D eigenvalue weighted by Crippen LogP contribution is 2.30. The van der Waals surface area contributed by atoms with Gasteiger partial charge in [-0.1, -0.05) is 12.1 Å². The average molecular weight is 344 g/mol. The minimum Gasteiger partial charge on any atom is -0.327 e. The lowest BCUT2D eigenvalue weighted by Crippen LogP contribution is -2.52. The Kier molecular flexibility index (Phi) is 4.87. The molecule has 0 aliphatic carbocycles. The summed E-state index contributed by atoms with van der Waals surface area (Å²) >= 11 is 0. The molecule has 1 aromatic rings. The second kappa shape index (κ2) is 6.93. The van der Waals surface area contributed by atoms with E-state index in [1.807, 2.05) is 26.1 Å². The Morgan fingerprint density at radius 3 is 2.80 bits per heavy atom. The molecule has 2 aliphatic heterocycles. The van der Waals surface area contributed by atoms with Crippen molar-refractivity contribution >= 4 is 17.7 Å². The number of nitrogens with zero attached hydrogens (tertiary/aromatic N) is 2. The quantitative estimate of drug-likeness (QED) is 0.746. The van der Waals surface area contributed by atoms with Crippen molar-refractivity contribution in [2.24, 2.45) is 5.73 Å². The fraction of sp³-hybridized carbons (Fsp3) is 0.500. The third-order valence-electron chi connectivity index (χ3n) is 4.72. The minimum absolute atomic E-state index is 0.0726. The highest BCUT2D eigenvalue weighted by Gasteiger charge is 2.39. The molecule has 1 fully saturated rings. The fourth-order valence-electron chi connectivity index (χ4n) is 3.64. The van der Waals surface area contributed by atoms with Crippen molar-refractivity contribution in [2.75, 3.05) is 13.6 Å². The molecule has 0 spiro atoms. The van der Waals surface area contributed by atoms with Crippen molar-refractivity contribution in [3.63, 3.8) is 0 Å². The summed E-state index contributed by atoms with van der Waals surface area (Å²) in [4.78, 5) is 39.9. The van der Waals surface area contributed by atoms with Crippen LogP contribution in [0.5, 0.6) is 0 Å². The molecule has 2 atom stereocenters. The van der Waals surface area contributed by atoms with E-state index in [0.717, 1.165) is 17.7 Å². The number of nitrogens with two attached hydrogens (primary N) is 1. The molecule has 0 saturated carbocycles. The zero-order valence-electron chi connectivity index (χ0n) is 14.6. The van der Waals surface area contributed by atoms with Gasteiger partial charge < -0.3 is 15.5 Å². The van der Waals surface area contributed by atoms with E-state index in [2.05, 4.69) is 10.2 Å². The van der Waals surface area contributed by atoms with Crippen molar-refractivity contribution in [3.05, 3.63) is 34.9 Å². The van der Waals surface area contributed by atoms with E-state index in [-0.39, 0.29) is 30.2 Å². The maximum absolute atomic E-state index is 12.8. The summed E-state index contributed by atoms with van der Waals surface area (Å²) in [5.74, 6) is -0.794. The van der Waals surface area contributed by atoms with Crippen LogP contribution in [0.4, 0.5) is 0 Å². The molecule has 2 heterocycles. The summed E-state index contributed by atoms with van der Waals surface area (Å²) in [6.07, 6.45) is 0.644. The van der Waals surface area contributed by atoms with Gasteiger partial charge in [-0.15, -0.1) is 0 Å². The van der Waals surface area contributed by atoms with Crippen LogP contribution in [0.3, 0.4) is 0 Å². The minimum atomic E-state index is -0.577. The average Bonchev–Trinajstić information content (AvgIpc) is 2.85. The number of amides is 3. The van der Waals surface area contributed by atoms with E-state index in [1.54, 1.807) is 11.0 Å². The smallest absolute Gasteiger partial charge is 0.255 e. The van der Waals surface area contributed by atoms with Crippen LogP contribution in [0.1, 0.15) is 41.3 Å². The van der Waals surface area contributed by atoms with Gasteiger partial charge >= 0.3 is 0 Å². The van der Waals surface area contributed by atoms with Crippen LogP contribution in [0, 0.1) is 0 Å². The lowest BCUT2D eigenvalue weighted by molar-refractivity contribution is -0.136. The molecule has 0 bridgehead atoms. The number of rotatable bonds is 5. The molecule has 1 saturated heterocycles. The highest BCUT2D eigenvalue weighted by atomic mass is 16.2. The van der Waals surface area contributed by atoms with Crippen LogP contribution in [0.2, 0.25) is 0 Å². The lowest BCUT2D eigenvalue weighted by atomic mass is 10.0. The van der Waals surface area contributed by atoms with E-state index < -0.39 is 6.04 Å². The Labute approximate surface area is 147 Å². The molecule has 1 unspecified atom stereocenters. The molecule has 3 N–H and O–H groups in total. The van der Waals surface area contributed by atoms with Gasteiger partial charge in [-0.25, -0.2) is 0 Å². The van der Waals surface area contributed by atoms with Crippen LogP contribution < -0.4 is 11.1 Å². The predicted molar refractivity (Wildman–Crippen MR) is 92.5 cm³/mol. The van der Waals surface area contributed by atoms with Gasteiger partial charge in [0.1, 0.15) is 6.04 Å². The molecular weight excluding hydrogens is 320 g/mol. The zero-order chi connectivity index (χ0) is 18.1. The second-order valence-electron chi connectivity index (χ2n) is 7.02. The van der Waals surface area contributed by atoms with Crippen LogP contribution in [0.25, 0.3) is 0 Å². The number of hydrogen-bond donors (Lipinski definition) is 2. The van der Waals surface area contributed by atoms with Crippen molar-refractivity contribution in [1.82, 2.24) is 15.1 Å². The Morgan fingerprint density at radius 1 is 1.36 bits per heavy atom. The number of fused-ring (bicyclic) bond motifs is 1. The number of piperidine rings is 1. The highest BCUT2D eigenvalue weighted by molar-refractivity contribution is 6.05. The van der Waals surface area contributed by atoms with Gasteiger partial charge in [0.25, 0.3) is 5.91 Å². The molecule has 0 aromatic heterocycles. The number of benzene rings is 1. The largest absolute Gasteiger partial charge is 0.327 e. The van der Waals surface area contributed by atoms with E-state index in [4.69, 9.17) is 5.73 Å². The van der Waals surface area contributed by atoms with Crippen LogP contribution in [-0.2, 0) is 22.7 Å². The third kappa shape index (κ3) is 3.57. The molecule has 7 nitrogen and oxygen atoms in total. The molecule has 1 aromatic carbocycles.